The van der Waals surface area contributed by atoms with E-state index in [1.807, 2.05) is 35.0 Å². The normalized spacial score (nSPS) is 12.8. The van der Waals surface area contributed by atoms with Gasteiger partial charge in [-0.2, -0.15) is 10.2 Å². The Balaban J connectivity index is 1.56. The quantitative estimate of drug-likeness (QED) is 0.482. The molecule has 0 aliphatic heterocycles. The lowest BCUT2D eigenvalue weighted by atomic mass is 10.2. The lowest BCUT2D eigenvalue weighted by molar-refractivity contribution is 0.0949. The van der Waals surface area contributed by atoms with E-state index in [0.29, 0.717) is 27.8 Å². The Bertz CT molecular complexity index is 1110. The number of methoxy groups -OCH3 is 2. The van der Waals surface area contributed by atoms with Crippen LogP contribution in [-0.4, -0.2) is 36.1 Å². The van der Waals surface area contributed by atoms with E-state index in [1.165, 1.54) is 20.4 Å². The van der Waals surface area contributed by atoms with Crippen molar-refractivity contribution < 1.29 is 14.3 Å². The first-order valence-corrected chi connectivity index (χ1v) is 9.92. The van der Waals surface area contributed by atoms with Crippen LogP contribution in [0.25, 0.3) is 5.69 Å². The average molecular weight is 425 g/mol. The summed E-state index contributed by atoms with van der Waals surface area (Å²) in [6.07, 6.45) is 4.20. The second-order valence-electron chi connectivity index (χ2n) is 6.78. The molecule has 0 saturated carbocycles. The Kier molecular flexibility index (Phi) is 5.72. The van der Waals surface area contributed by atoms with Gasteiger partial charge in [0.2, 0.25) is 0 Å². The van der Waals surface area contributed by atoms with Gasteiger partial charge in [0, 0.05) is 16.8 Å². The SMILES string of the molecule is COc1ccc(/C=N/NC(=O)c2nn(-c3ccccc3)c3c2CCC3)c(Cl)c1OC. The predicted octanol–water partition coefficient (Wildman–Crippen LogP) is 3.80. The van der Waals surface area contributed by atoms with Gasteiger partial charge in [0.05, 0.1) is 31.1 Å². The van der Waals surface area contributed by atoms with Crippen molar-refractivity contribution in [3.05, 3.63) is 70.0 Å². The van der Waals surface area contributed by atoms with Crippen LogP contribution in [-0.2, 0) is 12.8 Å². The van der Waals surface area contributed by atoms with Gasteiger partial charge < -0.3 is 9.47 Å². The number of hydrazone groups is 1. The third-order valence-electron chi connectivity index (χ3n) is 5.03. The van der Waals surface area contributed by atoms with Gasteiger partial charge >= 0.3 is 0 Å². The maximum Gasteiger partial charge on any atom is 0.292 e. The Morgan fingerprint density at radius 2 is 1.97 bits per heavy atom. The van der Waals surface area contributed by atoms with Crippen LogP contribution in [0.1, 0.15) is 33.7 Å². The molecule has 1 aliphatic rings. The van der Waals surface area contributed by atoms with E-state index in [4.69, 9.17) is 21.1 Å². The standard InChI is InChI=1S/C22H21ClN4O3/c1-29-18-12-11-14(19(23)21(18)30-2)13-24-25-22(28)20-16-9-6-10-17(16)27(26-20)15-7-4-3-5-8-15/h3-5,7-8,11-13H,6,9-10H2,1-2H3,(H,25,28)/b24-13+. The maximum absolute atomic E-state index is 12.8. The Labute approximate surface area is 179 Å². The molecule has 0 spiro atoms. The number of nitrogens with zero attached hydrogens (tertiary/aromatic N) is 3. The topological polar surface area (TPSA) is 77.7 Å². The molecule has 0 saturated heterocycles. The molecule has 8 heteroatoms. The fourth-order valence-electron chi connectivity index (χ4n) is 3.62. The molecule has 1 heterocycles. The Morgan fingerprint density at radius 1 is 1.17 bits per heavy atom. The van der Waals surface area contributed by atoms with Crippen molar-refractivity contribution >= 4 is 23.7 Å². The maximum atomic E-state index is 12.8. The highest BCUT2D eigenvalue weighted by Gasteiger charge is 2.26. The minimum absolute atomic E-state index is 0.351. The first-order chi connectivity index (χ1) is 14.6. The molecule has 1 amide bonds. The van der Waals surface area contributed by atoms with Crippen LogP contribution < -0.4 is 14.9 Å². The number of aromatic nitrogens is 2. The van der Waals surface area contributed by atoms with Crippen LogP contribution in [0.15, 0.2) is 47.6 Å². The van der Waals surface area contributed by atoms with E-state index >= 15 is 0 Å². The van der Waals surface area contributed by atoms with Crippen molar-refractivity contribution in [1.82, 2.24) is 15.2 Å². The molecule has 154 valence electrons. The summed E-state index contributed by atoms with van der Waals surface area (Å²) in [5.41, 5.74) is 6.56. The van der Waals surface area contributed by atoms with E-state index in [0.717, 1.165) is 36.2 Å². The summed E-state index contributed by atoms with van der Waals surface area (Å²) in [7, 11) is 3.05. The number of hydrogen-bond acceptors (Lipinski definition) is 5. The van der Waals surface area contributed by atoms with Crippen molar-refractivity contribution in [1.29, 1.82) is 0 Å². The Hall–Kier alpha value is -3.32. The van der Waals surface area contributed by atoms with Gasteiger partial charge in [-0.3, -0.25) is 4.79 Å². The summed E-state index contributed by atoms with van der Waals surface area (Å²) in [5.74, 6) is 0.579. The van der Waals surface area contributed by atoms with E-state index in [2.05, 4.69) is 15.6 Å². The monoisotopic (exact) mass is 424 g/mol. The summed E-state index contributed by atoms with van der Waals surface area (Å²) in [5, 5.41) is 8.98. The largest absolute Gasteiger partial charge is 0.493 e. The number of para-hydroxylation sites is 1. The highest BCUT2D eigenvalue weighted by atomic mass is 35.5. The highest BCUT2D eigenvalue weighted by molar-refractivity contribution is 6.34. The third-order valence-corrected chi connectivity index (χ3v) is 5.42. The molecule has 7 nitrogen and oxygen atoms in total. The number of carbonyl (C=O) groups excluding carboxylic acids is 1. The second-order valence-corrected chi connectivity index (χ2v) is 7.16. The molecule has 30 heavy (non-hydrogen) atoms. The van der Waals surface area contributed by atoms with Crippen LogP contribution >= 0.6 is 11.6 Å². The van der Waals surface area contributed by atoms with Crippen LogP contribution in [0, 0.1) is 0 Å². The van der Waals surface area contributed by atoms with E-state index < -0.39 is 0 Å². The number of fused-ring (bicyclic) bond motifs is 1. The van der Waals surface area contributed by atoms with Crippen LogP contribution in [0.2, 0.25) is 5.02 Å². The van der Waals surface area contributed by atoms with E-state index in [9.17, 15) is 4.79 Å². The molecular weight excluding hydrogens is 404 g/mol. The van der Waals surface area contributed by atoms with Gasteiger partial charge in [-0.1, -0.05) is 29.8 Å². The molecule has 3 aromatic rings. The van der Waals surface area contributed by atoms with Crippen molar-refractivity contribution in [2.24, 2.45) is 5.10 Å². The second kappa shape index (κ2) is 8.59. The molecule has 0 fully saturated rings. The summed E-state index contributed by atoms with van der Waals surface area (Å²) in [4.78, 5) is 12.8. The molecule has 2 aromatic carbocycles. The number of halogens is 1. The Morgan fingerprint density at radius 3 is 2.70 bits per heavy atom. The zero-order chi connectivity index (χ0) is 21.1. The van der Waals surface area contributed by atoms with Gasteiger partial charge in [-0.05, 0) is 43.5 Å². The van der Waals surface area contributed by atoms with E-state index in [1.54, 1.807) is 12.1 Å². The smallest absolute Gasteiger partial charge is 0.292 e. The first kappa shape index (κ1) is 20.0. The minimum atomic E-state index is -0.351. The van der Waals surface area contributed by atoms with Gasteiger partial charge in [-0.15, -0.1) is 0 Å². The number of hydrogen-bond donors (Lipinski definition) is 1. The summed E-state index contributed by atoms with van der Waals surface area (Å²) in [6.45, 7) is 0. The van der Waals surface area contributed by atoms with Gasteiger partial charge in [-0.25, -0.2) is 10.1 Å². The highest BCUT2D eigenvalue weighted by Crippen LogP contribution is 2.36. The van der Waals surface area contributed by atoms with Gasteiger partial charge in [0.15, 0.2) is 17.2 Å². The summed E-state index contributed by atoms with van der Waals surface area (Å²) in [6, 6.07) is 13.3. The predicted molar refractivity (Wildman–Crippen MR) is 115 cm³/mol. The zero-order valence-corrected chi connectivity index (χ0v) is 17.4. The molecule has 1 aliphatic carbocycles. The van der Waals surface area contributed by atoms with Crippen molar-refractivity contribution in [3.8, 4) is 17.2 Å². The number of rotatable bonds is 6. The summed E-state index contributed by atoms with van der Waals surface area (Å²) < 4.78 is 12.4. The molecule has 0 unspecified atom stereocenters. The van der Waals surface area contributed by atoms with Crippen molar-refractivity contribution in [2.45, 2.75) is 19.3 Å². The molecule has 0 atom stereocenters. The molecule has 1 aromatic heterocycles. The van der Waals surface area contributed by atoms with Crippen LogP contribution in [0.4, 0.5) is 0 Å². The fourth-order valence-corrected chi connectivity index (χ4v) is 3.90. The van der Waals surface area contributed by atoms with Crippen LogP contribution in [0.3, 0.4) is 0 Å². The van der Waals surface area contributed by atoms with Crippen LogP contribution in [0.5, 0.6) is 11.5 Å². The molecule has 4 rings (SSSR count). The third kappa shape index (κ3) is 3.64. The van der Waals surface area contributed by atoms with Gasteiger partial charge in [0.1, 0.15) is 0 Å². The first-order valence-electron chi connectivity index (χ1n) is 9.54. The summed E-state index contributed by atoms with van der Waals surface area (Å²) >= 11 is 6.35. The molecular formula is C22H21ClN4O3. The van der Waals surface area contributed by atoms with Gasteiger partial charge in [0.25, 0.3) is 5.91 Å². The zero-order valence-electron chi connectivity index (χ0n) is 16.7. The fraction of sp³-hybridized carbons (Fsp3) is 0.227. The number of carbonyl (C=O) groups is 1. The van der Waals surface area contributed by atoms with Crippen molar-refractivity contribution in [3.63, 3.8) is 0 Å². The lowest BCUT2D eigenvalue weighted by Crippen LogP contribution is -2.20. The average Bonchev–Trinajstić information content (AvgIpc) is 3.38. The van der Waals surface area contributed by atoms with Crippen molar-refractivity contribution in [2.75, 3.05) is 14.2 Å². The lowest BCUT2D eigenvalue weighted by Gasteiger charge is -2.10. The number of benzene rings is 2. The van der Waals surface area contributed by atoms with E-state index in [-0.39, 0.29) is 5.91 Å². The molecule has 0 radical (unpaired) electrons. The number of nitrogens with one attached hydrogen (secondary N) is 1. The molecule has 0 bridgehead atoms. The molecule has 1 N–H and O–H groups in total. The number of amides is 1. The number of ether oxygens (including phenoxy) is 2. The minimum Gasteiger partial charge on any atom is -0.493 e.